The van der Waals surface area contributed by atoms with Crippen LogP contribution in [-0.2, 0) is 26.8 Å². The van der Waals surface area contributed by atoms with Gasteiger partial charge in [0.15, 0.2) is 0 Å². The molecule has 4 rings (SSSR count). The van der Waals surface area contributed by atoms with Crippen LogP contribution in [0.25, 0.3) is 0 Å². The van der Waals surface area contributed by atoms with E-state index in [2.05, 4.69) is 20.6 Å². The average molecular weight is 682 g/mol. The number of aryl methyl sites for hydroxylation is 2. The molecule has 1 heterocycles. The zero-order valence-electron chi connectivity index (χ0n) is 24.5. The van der Waals surface area contributed by atoms with E-state index in [4.69, 9.17) is 27.6 Å². The lowest BCUT2D eigenvalue weighted by Gasteiger charge is -2.38. The first-order valence-electron chi connectivity index (χ1n) is 13.3. The minimum absolute atomic E-state index is 0.0666. The summed E-state index contributed by atoms with van der Waals surface area (Å²) in [5, 5.41) is 5.65. The molecule has 2 amide bonds. The van der Waals surface area contributed by atoms with E-state index >= 15 is 0 Å². The van der Waals surface area contributed by atoms with Crippen LogP contribution in [0.5, 0.6) is 0 Å². The number of nitrogens with two attached hydrogens (primary N) is 2. The van der Waals surface area contributed by atoms with E-state index in [1.54, 1.807) is 23.1 Å². The predicted octanol–water partition coefficient (Wildman–Crippen LogP) is 4.18. The smallest absolute Gasteiger partial charge is 0.332 e. The number of rotatable bonds is 8. The minimum atomic E-state index is -4.85. The first-order chi connectivity index (χ1) is 20.9. The molecule has 0 fully saturated rings. The summed E-state index contributed by atoms with van der Waals surface area (Å²) in [5.74, 6) is 0.323. The minimum Gasteiger partial charge on any atom is -0.369 e. The van der Waals surface area contributed by atoms with Crippen LogP contribution >= 0.6 is 11.6 Å². The van der Waals surface area contributed by atoms with E-state index in [1.807, 2.05) is 32.9 Å². The number of benzene rings is 3. The molecule has 0 saturated carbocycles. The monoisotopic (exact) mass is 681 g/mol. The molecule has 45 heavy (non-hydrogen) atoms. The molecule has 13 nitrogen and oxygen atoms in total. The molecule has 0 unspecified atom stereocenters. The topological polar surface area (TPSA) is 210 Å². The lowest BCUT2D eigenvalue weighted by Crippen LogP contribution is -2.54. The molecule has 3 aromatic carbocycles. The fraction of sp³-hybridized carbons (Fsp3) is 0.250. The molecule has 0 atom stereocenters. The Morgan fingerprint density at radius 2 is 1.69 bits per heavy atom. The van der Waals surface area contributed by atoms with Crippen molar-refractivity contribution in [2.24, 2.45) is 21.5 Å². The van der Waals surface area contributed by atoms with Gasteiger partial charge in [-0.25, -0.2) is 9.79 Å². The van der Waals surface area contributed by atoms with Gasteiger partial charge in [0.25, 0.3) is 10.1 Å². The first kappa shape index (κ1) is 35.2. The van der Waals surface area contributed by atoms with Gasteiger partial charge >= 0.3 is 16.3 Å². The number of anilines is 2. The molecule has 0 spiro atoms. The normalized spacial score (nSPS) is 14.4. The molecule has 0 aromatic heterocycles. The standard InChI is InChI=1S/C21H25ClFN7O3S.C7H8O3S/c1-21(2)29-18(24)28-19(25)30(21)15-9-8-13(17(22)12-15)5-4-10-26-20(31)27-14-6-3-7-16(11-14)34(23,32)33;1-6-2-4-7(5-3-6)11(8,9)10/h3,6-9,11-12H,4-5,10H2,1-2H3,(H2,26,27,31)(H4,24,25,28,29);2-5H,1H3,(H,8,9,10). The van der Waals surface area contributed by atoms with Crippen molar-refractivity contribution in [3.63, 3.8) is 0 Å². The second-order valence-corrected chi connectivity index (χ2v) is 13.5. The van der Waals surface area contributed by atoms with Crippen molar-refractivity contribution in [3.8, 4) is 0 Å². The summed E-state index contributed by atoms with van der Waals surface area (Å²) < 4.78 is 64.6. The number of guanidine groups is 2. The molecular weight excluding hydrogens is 649 g/mol. The lowest BCUT2D eigenvalue weighted by molar-refractivity contribution is 0.252. The van der Waals surface area contributed by atoms with Crippen LogP contribution in [0.1, 0.15) is 31.4 Å². The summed E-state index contributed by atoms with van der Waals surface area (Å²) in [6.45, 7) is 5.88. The van der Waals surface area contributed by atoms with E-state index in [0.717, 1.165) is 23.3 Å². The van der Waals surface area contributed by atoms with Gasteiger partial charge in [-0.15, -0.1) is 3.89 Å². The maximum atomic E-state index is 13.1. The number of hydrogen-bond donors (Lipinski definition) is 5. The van der Waals surface area contributed by atoms with Gasteiger partial charge in [-0.1, -0.05) is 41.4 Å². The Kier molecular flexibility index (Phi) is 11.1. The van der Waals surface area contributed by atoms with E-state index in [9.17, 15) is 25.5 Å². The van der Waals surface area contributed by atoms with E-state index in [1.165, 1.54) is 24.3 Å². The summed E-state index contributed by atoms with van der Waals surface area (Å²) in [7, 11) is -8.87. The number of carbonyl (C=O) groups excluding carboxylic acids is 1. The van der Waals surface area contributed by atoms with E-state index < -0.39 is 36.9 Å². The van der Waals surface area contributed by atoms with Gasteiger partial charge in [-0.2, -0.15) is 21.8 Å². The van der Waals surface area contributed by atoms with Gasteiger partial charge in [-0.3, -0.25) is 9.45 Å². The van der Waals surface area contributed by atoms with Crippen LogP contribution in [-0.4, -0.2) is 51.5 Å². The predicted molar refractivity (Wildman–Crippen MR) is 172 cm³/mol. The van der Waals surface area contributed by atoms with Gasteiger partial charge in [0, 0.05) is 22.9 Å². The Hall–Kier alpha value is -4.25. The maximum absolute atomic E-state index is 13.1. The van der Waals surface area contributed by atoms with Crippen LogP contribution in [0.3, 0.4) is 0 Å². The highest BCUT2D eigenvalue weighted by atomic mass is 35.5. The maximum Gasteiger partial charge on any atom is 0.332 e. The molecule has 0 aliphatic carbocycles. The van der Waals surface area contributed by atoms with Crippen LogP contribution in [0.15, 0.2) is 86.5 Å². The largest absolute Gasteiger partial charge is 0.369 e. The molecular formula is C28H33ClFN7O6S2. The molecule has 0 bridgehead atoms. The van der Waals surface area contributed by atoms with Crippen molar-refractivity contribution in [2.45, 2.75) is 49.1 Å². The van der Waals surface area contributed by atoms with E-state index in [0.29, 0.717) is 30.1 Å². The van der Waals surface area contributed by atoms with Crippen LogP contribution in [0.2, 0.25) is 5.02 Å². The fourth-order valence-electron chi connectivity index (χ4n) is 4.22. The number of hydrogen-bond acceptors (Lipinski definition) is 10. The van der Waals surface area contributed by atoms with Crippen molar-refractivity contribution in [2.75, 3.05) is 16.8 Å². The molecule has 1 aliphatic rings. The zero-order valence-corrected chi connectivity index (χ0v) is 26.9. The Morgan fingerprint density at radius 1 is 1.02 bits per heavy atom. The van der Waals surface area contributed by atoms with Crippen molar-refractivity contribution in [1.82, 2.24) is 5.32 Å². The third kappa shape index (κ3) is 10.1. The molecule has 0 saturated heterocycles. The Labute approximate surface area is 266 Å². The van der Waals surface area contributed by atoms with Gasteiger partial charge in [0.2, 0.25) is 11.9 Å². The van der Waals surface area contributed by atoms with Gasteiger partial charge < -0.3 is 22.1 Å². The average Bonchev–Trinajstić information content (AvgIpc) is 2.91. The SMILES string of the molecule is CC1(C)N=C(N)N=C(N)N1c1ccc(CCCNC(=O)Nc2cccc(S(=O)(=O)F)c2)c(Cl)c1.Cc1ccc(S(=O)(=O)O)cc1. The highest BCUT2D eigenvalue weighted by Gasteiger charge is 2.33. The number of urea groups is 1. The summed E-state index contributed by atoms with van der Waals surface area (Å²) in [4.78, 5) is 21.5. The van der Waals surface area contributed by atoms with Gasteiger partial charge in [-0.05, 0) is 81.6 Å². The van der Waals surface area contributed by atoms with Crippen LogP contribution in [0.4, 0.5) is 20.1 Å². The second kappa shape index (κ2) is 14.2. The number of nitrogens with one attached hydrogen (secondary N) is 2. The fourth-order valence-corrected chi connectivity index (χ4v) is 5.48. The van der Waals surface area contributed by atoms with Crippen molar-refractivity contribution >= 4 is 61.3 Å². The highest BCUT2D eigenvalue weighted by molar-refractivity contribution is 7.86. The Morgan fingerprint density at radius 3 is 2.27 bits per heavy atom. The number of carbonyl (C=O) groups is 1. The molecule has 242 valence electrons. The van der Waals surface area contributed by atoms with Crippen LogP contribution in [0, 0.1) is 6.92 Å². The number of aliphatic imine (C=N–C) groups is 2. The highest BCUT2D eigenvalue weighted by Crippen LogP contribution is 2.31. The molecule has 7 N–H and O–H groups in total. The lowest BCUT2D eigenvalue weighted by atomic mass is 10.1. The number of nitrogens with zero attached hydrogens (tertiary/aromatic N) is 3. The molecule has 0 radical (unpaired) electrons. The summed E-state index contributed by atoms with van der Waals surface area (Å²) in [5.41, 5.74) is 13.7. The quantitative estimate of drug-likeness (QED) is 0.131. The second-order valence-electron chi connectivity index (χ2n) is 10.3. The van der Waals surface area contributed by atoms with Crippen molar-refractivity contribution in [1.29, 1.82) is 0 Å². The summed E-state index contributed by atoms with van der Waals surface area (Å²) in [6.07, 6.45) is 1.18. The molecule has 17 heteroatoms. The Balaban J connectivity index is 0.000000423. The Bertz CT molecular complexity index is 1830. The number of amides is 2. The summed E-state index contributed by atoms with van der Waals surface area (Å²) >= 11 is 6.47. The first-order valence-corrected chi connectivity index (χ1v) is 16.5. The third-order valence-corrected chi connectivity index (χ3v) is 8.33. The third-order valence-electron chi connectivity index (χ3n) is 6.29. The van der Waals surface area contributed by atoms with E-state index in [-0.39, 0.29) is 22.5 Å². The van der Waals surface area contributed by atoms with Crippen molar-refractivity contribution < 1.29 is 30.1 Å². The summed E-state index contributed by atoms with van der Waals surface area (Å²) in [6, 6.07) is 15.9. The number of halogens is 2. The molecule has 3 aromatic rings. The zero-order chi connectivity index (χ0) is 33.6. The molecule has 1 aliphatic heterocycles. The van der Waals surface area contributed by atoms with Crippen LogP contribution < -0.4 is 27.0 Å². The van der Waals surface area contributed by atoms with Gasteiger partial charge in [0.1, 0.15) is 10.6 Å². The van der Waals surface area contributed by atoms with Crippen molar-refractivity contribution in [3.05, 3.63) is 82.9 Å². The van der Waals surface area contributed by atoms with Gasteiger partial charge in [0.05, 0.1) is 4.90 Å².